The molecule has 0 radical (unpaired) electrons. The van der Waals surface area contributed by atoms with E-state index in [1.807, 2.05) is 4.57 Å². The monoisotopic (exact) mass is 371 g/mol. The average molecular weight is 372 g/mol. The van der Waals surface area contributed by atoms with E-state index in [2.05, 4.69) is 26.1 Å². The summed E-state index contributed by atoms with van der Waals surface area (Å²) >= 11 is 4.44. The van der Waals surface area contributed by atoms with E-state index in [1.165, 1.54) is 6.07 Å². The lowest BCUT2D eigenvalue weighted by Crippen LogP contribution is -2.04. The molecule has 1 aromatic heterocycles. The normalized spacial score (nSPS) is 14.4. The number of nitrogens with zero attached hydrogens (tertiary/aromatic N) is 3. The number of carboxylic acid groups (broad SMARTS) is 1. The molecule has 0 spiro atoms. The minimum absolute atomic E-state index is 0.0940. The van der Waals surface area contributed by atoms with Gasteiger partial charge in [0.15, 0.2) is 11.0 Å². The first-order valence-corrected chi connectivity index (χ1v) is 8.09. The van der Waals surface area contributed by atoms with Crippen LogP contribution in [0, 0.1) is 5.82 Å². The van der Waals surface area contributed by atoms with Gasteiger partial charge in [0.25, 0.3) is 0 Å². The van der Waals surface area contributed by atoms with Gasteiger partial charge in [-0.3, -0.25) is 9.36 Å². The van der Waals surface area contributed by atoms with Crippen molar-refractivity contribution < 1.29 is 14.3 Å². The molecule has 5 nitrogen and oxygen atoms in total. The van der Waals surface area contributed by atoms with Crippen LogP contribution in [0.5, 0.6) is 0 Å². The highest BCUT2D eigenvalue weighted by Gasteiger charge is 2.31. The van der Waals surface area contributed by atoms with Crippen molar-refractivity contribution in [1.29, 1.82) is 0 Å². The highest BCUT2D eigenvalue weighted by molar-refractivity contribution is 9.10. The minimum atomic E-state index is -0.918. The summed E-state index contributed by atoms with van der Waals surface area (Å²) < 4.78 is 16.6. The molecule has 1 N–H and O–H groups in total. The SMILES string of the molecule is O=C(O)CSc1nnc(-c2c(F)cccc2Br)n1C1CC1. The number of halogens is 2. The number of benzene rings is 1. The van der Waals surface area contributed by atoms with E-state index in [4.69, 9.17) is 5.11 Å². The summed E-state index contributed by atoms with van der Waals surface area (Å²) in [6.45, 7) is 0. The Balaban J connectivity index is 2.05. The lowest BCUT2D eigenvalue weighted by atomic mass is 10.2. The molecule has 1 fully saturated rings. The van der Waals surface area contributed by atoms with Crippen molar-refractivity contribution >= 4 is 33.7 Å². The summed E-state index contributed by atoms with van der Waals surface area (Å²) in [6, 6.07) is 4.95. The second-order valence-corrected chi connectivity index (χ2v) is 6.48. The van der Waals surface area contributed by atoms with Crippen molar-refractivity contribution in [1.82, 2.24) is 14.8 Å². The molecule has 8 heteroatoms. The van der Waals surface area contributed by atoms with Crippen molar-refractivity contribution in [3.63, 3.8) is 0 Å². The third-order valence-electron chi connectivity index (χ3n) is 3.09. The summed E-state index contributed by atoms with van der Waals surface area (Å²) in [5.41, 5.74) is 0.360. The first-order valence-electron chi connectivity index (χ1n) is 6.32. The summed E-state index contributed by atoms with van der Waals surface area (Å²) in [7, 11) is 0. The Morgan fingerprint density at radius 3 is 2.86 bits per heavy atom. The van der Waals surface area contributed by atoms with Gasteiger partial charge in [0, 0.05) is 10.5 Å². The van der Waals surface area contributed by atoms with E-state index in [0.29, 0.717) is 21.0 Å². The number of aliphatic carboxylic acids is 1. The number of aromatic nitrogens is 3. The Morgan fingerprint density at radius 2 is 2.24 bits per heavy atom. The number of rotatable bonds is 5. The number of hydrogen-bond acceptors (Lipinski definition) is 4. The molecule has 2 aromatic rings. The number of carboxylic acids is 1. The predicted octanol–water partition coefficient (Wildman–Crippen LogP) is 3.36. The van der Waals surface area contributed by atoms with E-state index >= 15 is 0 Å². The van der Waals surface area contributed by atoms with Crippen molar-refractivity contribution in [2.75, 3.05) is 5.75 Å². The highest BCUT2D eigenvalue weighted by atomic mass is 79.9. The fourth-order valence-electron chi connectivity index (χ4n) is 2.05. The smallest absolute Gasteiger partial charge is 0.313 e. The van der Waals surface area contributed by atoms with Gasteiger partial charge in [0.1, 0.15) is 5.82 Å². The van der Waals surface area contributed by atoms with Crippen LogP contribution in [-0.4, -0.2) is 31.6 Å². The molecule has 0 atom stereocenters. The summed E-state index contributed by atoms with van der Waals surface area (Å²) in [5, 5.41) is 17.4. The van der Waals surface area contributed by atoms with Crippen molar-refractivity contribution in [3.8, 4) is 11.4 Å². The fourth-order valence-corrected chi connectivity index (χ4v) is 3.29. The lowest BCUT2D eigenvalue weighted by molar-refractivity contribution is -0.133. The lowest BCUT2D eigenvalue weighted by Gasteiger charge is -2.10. The number of carbonyl (C=O) groups is 1. The standard InChI is InChI=1S/C13H11BrFN3O2S/c14-8-2-1-3-9(15)11(8)12-16-17-13(21-6-10(19)20)18(12)7-4-5-7/h1-3,7H,4-6H2,(H,19,20). The zero-order valence-electron chi connectivity index (χ0n) is 10.8. The molecule has 110 valence electrons. The van der Waals surface area contributed by atoms with Crippen LogP contribution in [0.3, 0.4) is 0 Å². The summed E-state index contributed by atoms with van der Waals surface area (Å²) in [4.78, 5) is 10.7. The van der Waals surface area contributed by atoms with Gasteiger partial charge in [-0.25, -0.2) is 4.39 Å². The van der Waals surface area contributed by atoms with E-state index in [-0.39, 0.29) is 17.6 Å². The van der Waals surface area contributed by atoms with Gasteiger partial charge >= 0.3 is 5.97 Å². The van der Waals surface area contributed by atoms with Crippen LogP contribution < -0.4 is 0 Å². The maximum Gasteiger partial charge on any atom is 0.313 e. The molecule has 0 saturated heterocycles. The number of thioether (sulfide) groups is 1. The van der Waals surface area contributed by atoms with Gasteiger partial charge in [-0.1, -0.05) is 17.8 Å². The second-order valence-electron chi connectivity index (χ2n) is 4.69. The maximum absolute atomic E-state index is 14.1. The Kier molecular flexibility index (Phi) is 3.99. The molecule has 0 bridgehead atoms. The molecule has 21 heavy (non-hydrogen) atoms. The van der Waals surface area contributed by atoms with Crippen molar-refractivity contribution in [3.05, 3.63) is 28.5 Å². The van der Waals surface area contributed by atoms with Gasteiger partial charge in [-0.2, -0.15) is 0 Å². The van der Waals surface area contributed by atoms with Crippen LogP contribution in [0.1, 0.15) is 18.9 Å². The van der Waals surface area contributed by atoms with E-state index in [9.17, 15) is 9.18 Å². The zero-order valence-corrected chi connectivity index (χ0v) is 13.2. The van der Waals surface area contributed by atoms with Crippen LogP contribution in [0.4, 0.5) is 4.39 Å². The van der Waals surface area contributed by atoms with Gasteiger partial charge in [-0.15, -0.1) is 10.2 Å². The Morgan fingerprint density at radius 1 is 1.48 bits per heavy atom. The Bertz CT molecular complexity index is 682. The predicted molar refractivity (Wildman–Crippen MR) is 79.7 cm³/mol. The number of hydrogen-bond donors (Lipinski definition) is 1. The van der Waals surface area contributed by atoms with E-state index in [0.717, 1.165) is 24.6 Å². The molecule has 0 amide bonds. The third kappa shape index (κ3) is 2.96. The summed E-state index contributed by atoms with van der Waals surface area (Å²) in [5.74, 6) is -0.952. The molecule has 1 aliphatic carbocycles. The van der Waals surface area contributed by atoms with Crippen LogP contribution in [0.2, 0.25) is 0 Å². The molecular weight excluding hydrogens is 361 g/mol. The molecule has 1 heterocycles. The van der Waals surface area contributed by atoms with E-state index in [1.54, 1.807) is 12.1 Å². The first-order chi connectivity index (χ1) is 10.1. The minimum Gasteiger partial charge on any atom is -0.481 e. The van der Waals surface area contributed by atoms with Gasteiger partial charge in [0.05, 0.1) is 11.3 Å². The van der Waals surface area contributed by atoms with Crippen molar-refractivity contribution in [2.24, 2.45) is 0 Å². The van der Waals surface area contributed by atoms with Crippen LogP contribution >= 0.6 is 27.7 Å². The molecule has 0 aliphatic heterocycles. The van der Waals surface area contributed by atoms with E-state index < -0.39 is 5.97 Å². The third-order valence-corrected chi connectivity index (χ3v) is 4.68. The van der Waals surface area contributed by atoms with Crippen LogP contribution in [-0.2, 0) is 4.79 Å². The maximum atomic E-state index is 14.1. The molecule has 0 unspecified atom stereocenters. The van der Waals surface area contributed by atoms with Gasteiger partial charge in [0.2, 0.25) is 0 Å². The largest absolute Gasteiger partial charge is 0.481 e. The van der Waals surface area contributed by atoms with Gasteiger partial charge < -0.3 is 5.11 Å². The zero-order chi connectivity index (χ0) is 15.0. The van der Waals surface area contributed by atoms with Crippen molar-refractivity contribution in [2.45, 2.75) is 24.0 Å². The quantitative estimate of drug-likeness (QED) is 0.816. The molecule has 1 aromatic carbocycles. The topological polar surface area (TPSA) is 68.0 Å². The average Bonchev–Trinajstić information content (AvgIpc) is 3.18. The molecular formula is C13H11BrFN3O2S. The molecule has 1 saturated carbocycles. The fraction of sp³-hybridized carbons (Fsp3) is 0.308. The van der Waals surface area contributed by atoms with Crippen LogP contribution in [0.15, 0.2) is 27.8 Å². The second kappa shape index (κ2) is 5.76. The molecule has 3 rings (SSSR count). The van der Waals surface area contributed by atoms with Crippen LogP contribution in [0.25, 0.3) is 11.4 Å². The first kappa shape index (κ1) is 14.5. The Labute approximate surface area is 132 Å². The summed E-state index contributed by atoms with van der Waals surface area (Å²) in [6.07, 6.45) is 1.94. The molecule has 1 aliphatic rings. The van der Waals surface area contributed by atoms with Gasteiger partial charge in [-0.05, 0) is 40.9 Å². The Hall–Kier alpha value is -1.41. The highest BCUT2D eigenvalue weighted by Crippen LogP contribution is 2.42.